The van der Waals surface area contributed by atoms with E-state index in [0.29, 0.717) is 16.9 Å². The highest BCUT2D eigenvalue weighted by Crippen LogP contribution is 2.19. The molecule has 0 aliphatic heterocycles. The summed E-state index contributed by atoms with van der Waals surface area (Å²) in [7, 11) is 1.65. The number of thiocarbonyl (C=S) groups is 1. The van der Waals surface area contributed by atoms with Crippen LogP contribution in [0.3, 0.4) is 0 Å². The average Bonchev–Trinajstić information content (AvgIpc) is 2.74. The van der Waals surface area contributed by atoms with E-state index in [1.165, 1.54) is 29.1 Å². The SMILES string of the molecule is Cn1ncc(C(N)=S)c1NC(=O)c1ccc(F)c(Br)c1. The Morgan fingerprint density at radius 1 is 1.55 bits per heavy atom. The molecule has 1 amide bonds. The van der Waals surface area contributed by atoms with Crippen molar-refractivity contribution in [2.45, 2.75) is 0 Å². The van der Waals surface area contributed by atoms with Gasteiger partial charge in [0, 0.05) is 12.6 Å². The number of carbonyl (C=O) groups is 1. The molecular formula is C12H10BrFN4OS. The van der Waals surface area contributed by atoms with Gasteiger partial charge in [-0.25, -0.2) is 4.39 Å². The number of amides is 1. The predicted molar refractivity (Wildman–Crippen MR) is 81.1 cm³/mol. The van der Waals surface area contributed by atoms with E-state index in [-0.39, 0.29) is 9.46 Å². The van der Waals surface area contributed by atoms with Gasteiger partial charge >= 0.3 is 0 Å². The average molecular weight is 357 g/mol. The summed E-state index contributed by atoms with van der Waals surface area (Å²) in [6.45, 7) is 0. The zero-order valence-corrected chi connectivity index (χ0v) is 12.8. The zero-order chi connectivity index (χ0) is 14.9. The van der Waals surface area contributed by atoms with E-state index in [1.54, 1.807) is 7.05 Å². The van der Waals surface area contributed by atoms with Gasteiger partial charge in [-0.3, -0.25) is 9.48 Å². The molecule has 0 aliphatic carbocycles. The molecule has 0 saturated heterocycles. The molecule has 0 atom stereocenters. The van der Waals surface area contributed by atoms with E-state index >= 15 is 0 Å². The Hall–Kier alpha value is -1.80. The Labute approximate surface area is 128 Å². The Kier molecular flexibility index (Phi) is 4.15. The van der Waals surface area contributed by atoms with Crippen LogP contribution in [0, 0.1) is 5.82 Å². The predicted octanol–water partition coefficient (Wildman–Crippen LogP) is 2.21. The summed E-state index contributed by atoms with van der Waals surface area (Å²) in [5, 5.41) is 6.64. The standard InChI is InChI=1S/C12H10BrFN4OS/c1-18-11(7(5-16-18)10(15)20)17-12(19)6-2-3-9(14)8(13)4-6/h2-5H,1H3,(H2,15,20)(H,17,19). The molecule has 0 saturated carbocycles. The van der Waals surface area contributed by atoms with E-state index in [9.17, 15) is 9.18 Å². The summed E-state index contributed by atoms with van der Waals surface area (Å²) in [6, 6.07) is 3.98. The van der Waals surface area contributed by atoms with Crippen LogP contribution in [0.2, 0.25) is 0 Å². The summed E-state index contributed by atoms with van der Waals surface area (Å²) in [5.74, 6) is -0.458. The topological polar surface area (TPSA) is 72.9 Å². The maximum absolute atomic E-state index is 13.1. The molecule has 0 aliphatic rings. The van der Waals surface area contributed by atoms with Crippen LogP contribution in [-0.4, -0.2) is 20.7 Å². The third-order valence-electron chi connectivity index (χ3n) is 2.62. The van der Waals surface area contributed by atoms with Crippen LogP contribution in [-0.2, 0) is 7.05 Å². The first-order chi connectivity index (χ1) is 9.40. The van der Waals surface area contributed by atoms with Crippen molar-refractivity contribution >= 4 is 44.9 Å². The van der Waals surface area contributed by atoms with Crippen molar-refractivity contribution in [3.05, 3.63) is 45.8 Å². The van der Waals surface area contributed by atoms with E-state index in [4.69, 9.17) is 18.0 Å². The van der Waals surface area contributed by atoms with Crippen LogP contribution in [0.25, 0.3) is 0 Å². The molecular weight excluding hydrogens is 347 g/mol. The molecule has 2 aromatic rings. The number of nitrogens with two attached hydrogens (primary N) is 1. The van der Waals surface area contributed by atoms with E-state index in [1.807, 2.05) is 0 Å². The van der Waals surface area contributed by atoms with Gasteiger partial charge in [0.1, 0.15) is 16.6 Å². The maximum Gasteiger partial charge on any atom is 0.256 e. The van der Waals surface area contributed by atoms with Crippen molar-refractivity contribution < 1.29 is 9.18 Å². The first-order valence-electron chi connectivity index (χ1n) is 5.48. The second-order valence-electron chi connectivity index (χ2n) is 3.98. The van der Waals surface area contributed by atoms with Gasteiger partial charge in [0.05, 0.1) is 16.2 Å². The van der Waals surface area contributed by atoms with Gasteiger partial charge in [0.15, 0.2) is 0 Å². The molecule has 1 aromatic heterocycles. The second kappa shape index (κ2) is 5.68. The Bertz CT molecular complexity index is 701. The van der Waals surface area contributed by atoms with Crippen molar-refractivity contribution in [2.75, 3.05) is 5.32 Å². The lowest BCUT2D eigenvalue weighted by atomic mass is 10.2. The molecule has 0 unspecified atom stereocenters. The molecule has 0 bridgehead atoms. The fourth-order valence-corrected chi connectivity index (χ4v) is 2.11. The molecule has 1 aromatic carbocycles. The number of anilines is 1. The molecule has 104 valence electrons. The Morgan fingerprint density at radius 2 is 2.25 bits per heavy atom. The van der Waals surface area contributed by atoms with Gasteiger partial charge in [-0.1, -0.05) is 12.2 Å². The number of rotatable bonds is 3. The largest absolute Gasteiger partial charge is 0.389 e. The number of hydrogen-bond acceptors (Lipinski definition) is 3. The quantitative estimate of drug-likeness (QED) is 0.827. The molecule has 2 rings (SSSR count). The Balaban J connectivity index is 2.30. The lowest BCUT2D eigenvalue weighted by Gasteiger charge is -2.08. The van der Waals surface area contributed by atoms with Crippen molar-refractivity contribution in [1.82, 2.24) is 9.78 Å². The van der Waals surface area contributed by atoms with Crippen molar-refractivity contribution in [3.63, 3.8) is 0 Å². The monoisotopic (exact) mass is 356 g/mol. The molecule has 8 heteroatoms. The van der Waals surface area contributed by atoms with Crippen molar-refractivity contribution in [3.8, 4) is 0 Å². The van der Waals surface area contributed by atoms with Crippen LogP contribution < -0.4 is 11.1 Å². The van der Waals surface area contributed by atoms with E-state index < -0.39 is 11.7 Å². The normalized spacial score (nSPS) is 10.3. The molecule has 1 heterocycles. The van der Waals surface area contributed by atoms with Crippen LogP contribution >= 0.6 is 28.1 Å². The number of hydrogen-bond donors (Lipinski definition) is 2. The minimum atomic E-state index is -0.439. The number of nitrogens with zero attached hydrogens (tertiary/aromatic N) is 2. The molecule has 20 heavy (non-hydrogen) atoms. The number of benzene rings is 1. The van der Waals surface area contributed by atoms with Crippen LogP contribution in [0.1, 0.15) is 15.9 Å². The van der Waals surface area contributed by atoms with Gasteiger partial charge in [0.2, 0.25) is 0 Å². The van der Waals surface area contributed by atoms with Crippen LogP contribution in [0.5, 0.6) is 0 Å². The van der Waals surface area contributed by atoms with E-state index in [0.717, 1.165) is 0 Å². The molecule has 5 nitrogen and oxygen atoms in total. The van der Waals surface area contributed by atoms with Crippen molar-refractivity contribution in [2.24, 2.45) is 12.8 Å². The summed E-state index contributed by atoms with van der Waals surface area (Å²) in [6.07, 6.45) is 1.47. The lowest BCUT2D eigenvalue weighted by Crippen LogP contribution is -2.18. The zero-order valence-electron chi connectivity index (χ0n) is 10.4. The third kappa shape index (κ3) is 2.86. The summed E-state index contributed by atoms with van der Waals surface area (Å²) < 4.78 is 14.8. The van der Waals surface area contributed by atoms with Crippen LogP contribution in [0.15, 0.2) is 28.9 Å². The molecule has 0 fully saturated rings. The Morgan fingerprint density at radius 3 is 2.85 bits per heavy atom. The van der Waals surface area contributed by atoms with Crippen LogP contribution in [0.4, 0.5) is 10.2 Å². The molecule has 3 N–H and O–H groups in total. The van der Waals surface area contributed by atoms with Gasteiger partial charge in [0.25, 0.3) is 5.91 Å². The fraction of sp³-hybridized carbons (Fsp3) is 0.0833. The number of halogens is 2. The number of nitrogens with one attached hydrogen (secondary N) is 1. The lowest BCUT2D eigenvalue weighted by molar-refractivity contribution is 0.102. The molecule has 0 radical (unpaired) electrons. The van der Waals surface area contributed by atoms with Gasteiger partial charge in [-0.2, -0.15) is 5.10 Å². The fourth-order valence-electron chi connectivity index (χ4n) is 1.58. The second-order valence-corrected chi connectivity index (χ2v) is 5.27. The first-order valence-corrected chi connectivity index (χ1v) is 6.68. The highest BCUT2D eigenvalue weighted by atomic mass is 79.9. The van der Waals surface area contributed by atoms with E-state index in [2.05, 4.69) is 26.3 Å². The summed E-state index contributed by atoms with van der Waals surface area (Å²) >= 11 is 7.92. The van der Waals surface area contributed by atoms with Gasteiger partial charge in [-0.05, 0) is 34.1 Å². The highest BCUT2D eigenvalue weighted by Gasteiger charge is 2.15. The number of aryl methyl sites for hydroxylation is 1. The van der Waals surface area contributed by atoms with Crippen molar-refractivity contribution in [1.29, 1.82) is 0 Å². The minimum Gasteiger partial charge on any atom is -0.389 e. The smallest absolute Gasteiger partial charge is 0.256 e. The minimum absolute atomic E-state index is 0.133. The van der Waals surface area contributed by atoms with Gasteiger partial charge < -0.3 is 11.1 Å². The highest BCUT2D eigenvalue weighted by molar-refractivity contribution is 9.10. The number of aromatic nitrogens is 2. The first kappa shape index (κ1) is 14.6. The van der Waals surface area contributed by atoms with Gasteiger partial charge in [-0.15, -0.1) is 0 Å². The summed E-state index contributed by atoms with van der Waals surface area (Å²) in [5.41, 5.74) is 6.32. The summed E-state index contributed by atoms with van der Waals surface area (Å²) in [4.78, 5) is 12.3. The maximum atomic E-state index is 13.1. The number of carbonyl (C=O) groups excluding carboxylic acids is 1. The molecule has 0 spiro atoms. The third-order valence-corrected chi connectivity index (χ3v) is 3.45.